The van der Waals surface area contributed by atoms with E-state index < -0.39 is 0 Å². The van der Waals surface area contributed by atoms with Crippen molar-refractivity contribution in [1.82, 2.24) is 0 Å². The van der Waals surface area contributed by atoms with Crippen LogP contribution in [0.4, 0.5) is 0 Å². The Labute approximate surface area is 92.3 Å². The quantitative estimate of drug-likeness (QED) is 0.811. The summed E-state index contributed by atoms with van der Waals surface area (Å²) < 4.78 is 0.758. The van der Waals surface area contributed by atoms with Crippen molar-refractivity contribution in [3.05, 3.63) is 28.2 Å². The first-order valence-corrected chi connectivity index (χ1v) is 5.72. The summed E-state index contributed by atoms with van der Waals surface area (Å²) in [5.41, 5.74) is 7.26. The number of rotatable bonds is 1. The van der Waals surface area contributed by atoms with Crippen molar-refractivity contribution < 1.29 is 5.11 Å². The molecule has 1 aliphatic rings. The molecule has 2 atom stereocenters. The Hall–Kier alpha value is -0.540. The van der Waals surface area contributed by atoms with E-state index in [0.29, 0.717) is 11.7 Å². The van der Waals surface area contributed by atoms with Crippen LogP contribution >= 0.6 is 15.9 Å². The molecule has 3 heteroatoms. The summed E-state index contributed by atoms with van der Waals surface area (Å²) in [7, 11) is 0. The summed E-state index contributed by atoms with van der Waals surface area (Å²) in [5, 5.41) is 9.37. The Balaban J connectivity index is 2.28. The monoisotopic (exact) mass is 255 g/mol. The average Bonchev–Trinajstić information content (AvgIpc) is 2.57. The maximum atomic E-state index is 9.37. The maximum absolute atomic E-state index is 9.37. The molecule has 0 radical (unpaired) electrons. The third kappa shape index (κ3) is 1.79. The number of hydrogen-bond donors (Lipinski definition) is 2. The number of halogens is 1. The van der Waals surface area contributed by atoms with E-state index in [2.05, 4.69) is 15.9 Å². The van der Waals surface area contributed by atoms with Crippen molar-refractivity contribution in [2.45, 2.75) is 31.2 Å². The van der Waals surface area contributed by atoms with Gasteiger partial charge in [-0.15, -0.1) is 0 Å². The van der Waals surface area contributed by atoms with Crippen LogP contribution in [0.15, 0.2) is 22.7 Å². The van der Waals surface area contributed by atoms with Gasteiger partial charge in [0, 0.05) is 6.04 Å². The van der Waals surface area contributed by atoms with Gasteiger partial charge in [-0.1, -0.05) is 12.5 Å². The summed E-state index contributed by atoms with van der Waals surface area (Å²) in [4.78, 5) is 0. The highest BCUT2D eigenvalue weighted by Crippen LogP contribution is 2.36. The number of phenols is 1. The molecule has 2 unspecified atom stereocenters. The van der Waals surface area contributed by atoms with Crippen LogP contribution in [0, 0.1) is 0 Å². The summed E-state index contributed by atoms with van der Waals surface area (Å²) in [5.74, 6) is 0.757. The van der Waals surface area contributed by atoms with Crippen LogP contribution in [0.5, 0.6) is 5.75 Å². The molecule has 3 N–H and O–H groups in total. The largest absolute Gasteiger partial charge is 0.507 e. The van der Waals surface area contributed by atoms with Crippen molar-refractivity contribution >= 4 is 15.9 Å². The fraction of sp³-hybridized carbons (Fsp3) is 0.455. The normalized spacial score (nSPS) is 26.7. The highest BCUT2D eigenvalue weighted by atomic mass is 79.9. The molecule has 1 fully saturated rings. The van der Waals surface area contributed by atoms with Crippen molar-refractivity contribution in [3.63, 3.8) is 0 Å². The molecule has 0 heterocycles. The van der Waals surface area contributed by atoms with Crippen LogP contribution in [0.3, 0.4) is 0 Å². The molecule has 76 valence electrons. The number of nitrogens with two attached hydrogens (primary N) is 1. The van der Waals surface area contributed by atoms with Gasteiger partial charge in [-0.2, -0.15) is 0 Å². The second-order valence-electron chi connectivity index (χ2n) is 3.91. The van der Waals surface area contributed by atoms with E-state index in [1.165, 1.54) is 18.4 Å². The lowest BCUT2D eigenvalue weighted by molar-refractivity contribution is 0.471. The molecular weight excluding hydrogens is 242 g/mol. The third-order valence-corrected chi connectivity index (χ3v) is 3.60. The van der Waals surface area contributed by atoms with Gasteiger partial charge >= 0.3 is 0 Å². The van der Waals surface area contributed by atoms with E-state index >= 15 is 0 Å². The van der Waals surface area contributed by atoms with E-state index in [0.717, 1.165) is 10.9 Å². The van der Waals surface area contributed by atoms with Crippen LogP contribution in [-0.2, 0) is 0 Å². The fourth-order valence-electron chi connectivity index (χ4n) is 2.16. The first-order chi connectivity index (χ1) is 6.68. The fourth-order valence-corrected chi connectivity index (χ4v) is 2.55. The van der Waals surface area contributed by atoms with Gasteiger partial charge in [0.15, 0.2) is 0 Å². The van der Waals surface area contributed by atoms with Crippen LogP contribution in [0.1, 0.15) is 30.7 Å². The highest BCUT2D eigenvalue weighted by molar-refractivity contribution is 9.10. The zero-order valence-corrected chi connectivity index (χ0v) is 9.50. The summed E-state index contributed by atoms with van der Waals surface area (Å²) >= 11 is 3.32. The minimum absolute atomic E-state index is 0.284. The van der Waals surface area contributed by atoms with Gasteiger partial charge in [-0.05, 0) is 52.4 Å². The van der Waals surface area contributed by atoms with E-state index in [4.69, 9.17) is 5.73 Å². The molecule has 0 bridgehead atoms. The Morgan fingerprint density at radius 3 is 2.71 bits per heavy atom. The zero-order valence-electron chi connectivity index (χ0n) is 7.91. The van der Waals surface area contributed by atoms with Crippen molar-refractivity contribution in [2.75, 3.05) is 0 Å². The van der Waals surface area contributed by atoms with Crippen molar-refractivity contribution in [3.8, 4) is 5.75 Å². The molecule has 1 aliphatic carbocycles. The summed E-state index contributed by atoms with van der Waals surface area (Å²) in [6, 6.07) is 5.96. The van der Waals surface area contributed by atoms with Gasteiger partial charge in [0.05, 0.1) is 4.47 Å². The molecule has 1 aromatic carbocycles. The average molecular weight is 256 g/mol. The van der Waals surface area contributed by atoms with E-state index in [-0.39, 0.29) is 6.04 Å². The summed E-state index contributed by atoms with van der Waals surface area (Å²) in [6.45, 7) is 0. The Morgan fingerprint density at radius 1 is 1.36 bits per heavy atom. The van der Waals surface area contributed by atoms with E-state index in [1.807, 2.05) is 12.1 Å². The first-order valence-electron chi connectivity index (χ1n) is 4.92. The molecule has 0 saturated heterocycles. The molecule has 2 rings (SSSR count). The number of phenolic OH excluding ortho intramolecular Hbond substituents is 1. The maximum Gasteiger partial charge on any atom is 0.129 e. The lowest BCUT2D eigenvalue weighted by Gasteiger charge is -2.16. The van der Waals surface area contributed by atoms with Gasteiger partial charge in [0.25, 0.3) is 0 Å². The van der Waals surface area contributed by atoms with E-state index in [1.54, 1.807) is 6.07 Å². The summed E-state index contributed by atoms with van der Waals surface area (Å²) in [6.07, 6.45) is 3.49. The van der Waals surface area contributed by atoms with Gasteiger partial charge in [0.1, 0.15) is 5.75 Å². The lowest BCUT2D eigenvalue weighted by atomic mass is 9.95. The van der Waals surface area contributed by atoms with Gasteiger partial charge < -0.3 is 10.8 Å². The van der Waals surface area contributed by atoms with Gasteiger partial charge in [-0.25, -0.2) is 0 Å². The molecular formula is C11H14BrNO. The minimum atomic E-state index is 0.284. The molecule has 0 aromatic heterocycles. The van der Waals surface area contributed by atoms with Crippen LogP contribution in [0.2, 0.25) is 0 Å². The molecule has 14 heavy (non-hydrogen) atoms. The third-order valence-electron chi connectivity index (χ3n) is 2.97. The van der Waals surface area contributed by atoms with Crippen LogP contribution < -0.4 is 5.73 Å². The molecule has 1 saturated carbocycles. The van der Waals surface area contributed by atoms with Crippen molar-refractivity contribution in [1.29, 1.82) is 0 Å². The second kappa shape index (κ2) is 3.91. The molecule has 0 amide bonds. The van der Waals surface area contributed by atoms with Crippen molar-refractivity contribution in [2.24, 2.45) is 5.73 Å². The number of benzene rings is 1. The number of aromatic hydroxyl groups is 1. The molecule has 0 aliphatic heterocycles. The first kappa shape index (κ1) is 9.99. The topological polar surface area (TPSA) is 46.2 Å². The lowest BCUT2D eigenvalue weighted by Crippen LogP contribution is -2.22. The van der Waals surface area contributed by atoms with Gasteiger partial charge in [-0.3, -0.25) is 0 Å². The molecule has 2 nitrogen and oxygen atoms in total. The van der Waals surface area contributed by atoms with Crippen LogP contribution in [0.25, 0.3) is 0 Å². The zero-order chi connectivity index (χ0) is 10.1. The Kier molecular flexibility index (Phi) is 2.79. The Bertz CT molecular complexity index is 340. The standard InChI is InChI=1S/C11H14BrNO/c12-9-6-7(4-5-11(9)14)8-2-1-3-10(8)13/h4-6,8,10,14H,1-3,13H2. The minimum Gasteiger partial charge on any atom is -0.507 e. The number of hydrogen-bond acceptors (Lipinski definition) is 2. The second-order valence-corrected chi connectivity index (χ2v) is 4.77. The smallest absolute Gasteiger partial charge is 0.129 e. The van der Waals surface area contributed by atoms with E-state index in [9.17, 15) is 5.11 Å². The predicted molar refractivity (Wildman–Crippen MR) is 60.4 cm³/mol. The Morgan fingerprint density at radius 2 is 2.14 bits per heavy atom. The predicted octanol–water partition coefficient (Wildman–Crippen LogP) is 2.75. The molecule has 0 spiro atoms. The highest BCUT2D eigenvalue weighted by Gasteiger charge is 2.25. The SMILES string of the molecule is NC1CCCC1c1ccc(O)c(Br)c1. The van der Waals surface area contributed by atoms with Crippen LogP contribution in [-0.4, -0.2) is 11.1 Å². The molecule has 1 aromatic rings. The van der Waals surface area contributed by atoms with Gasteiger partial charge in [0.2, 0.25) is 0 Å².